The Morgan fingerprint density at radius 1 is 0.367 bits per heavy atom. The van der Waals surface area contributed by atoms with E-state index in [1.54, 1.807) is 0 Å². The average Bonchev–Trinajstić information content (AvgIpc) is 2.73. The molecule has 0 amide bonds. The van der Waals surface area contributed by atoms with Gasteiger partial charge in [0, 0.05) is 0 Å². The van der Waals surface area contributed by atoms with Crippen molar-refractivity contribution in [2.75, 3.05) is 26.7 Å². The van der Waals surface area contributed by atoms with Crippen LogP contribution >= 0.6 is 0 Å². The Hall–Kier alpha value is 0.250. The molecular weight excluding hydrogens is 386 g/mol. The fourth-order valence-electron chi connectivity index (χ4n) is 4.57. The summed E-state index contributed by atoms with van der Waals surface area (Å²) in [7, 11) is 2.50. The first-order valence-corrected chi connectivity index (χ1v) is 14.0. The molecule has 0 aromatic rings. The molecule has 0 rings (SSSR count). The van der Waals surface area contributed by atoms with Gasteiger partial charge in [-0.2, -0.15) is 0 Å². The van der Waals surface area contributed by atoms with Crippen LogP contribution in [0.25, 0.3) is 0 Å². The van der Waals surface area contributed by atoms with Crippen molar-refractivity contribution in [3.63, 3.8) is 0 Å². The van der Waals surface area contributed by atoms with Crippen molar-refractivity contribution in [3.8, 4) is 0 Å². The molecule has 0 bridgehead atoms. The maximum Gasteiger partial charge on any atom is 0.0784 e. The number of quaternary nitrogens is 1. The molecule has 0 aliphatic rings. The van der Waals surface area contributed by atoms with Crippen molar-refractivity contribution in [3.05, 3.63) is 0 Å². The summed E-state index contributed by atoms with van der Waals surface area (Å²) in [4.78, 5) is 0. The summed E-state index contributed by atoms with van der Waals surface area (Å²) in [5.41, 5.74) is 0. The van der Waals surface area contributed by atoms with Gasteiger partial charge in [-0.1, -0.05) is 123 Å². The molecule has 2 heteroatoms. The number of halogens is 1. The monoisotopic (exact) mass is 445 g/mol. The molecule has 0 saturated carbocycles. The molecule has 0 fully saturated rings. The molecule has 0 aromatic heterocycles. The first kappa shape index (κ1) is 32.4. The zero-order chi connectivity index (χ0) is 21.5. The number of unbranched alkanes of at least 4 members (excludes halogenated alkanes) is 19. The third kappa shape index (κ3) is 22.9. The summed E-state index contributed by atoms with van der Waals surface area (Å²) in [6, 6.07) is 0. The molecule has 1 nitrogen and oxygen atoms in total. The molecule has 1 atom stereocenters. The molecule has 0 aromatic carbocycles. The Balaban J connectivity index is 0. The minimum atomic E-state index is 0. The fraction of sp³-hybridized carbons (Fsp3) is 1.00. The standard InChI is InChI=1S/C28H60N.ClH/c1-5-8-10-12-14-16-18-20-22-24-26-28-29(4,7-3)27-25-23-21-19-17-15-13-11-9-6-2;/h5-28H2,1-4H3;1H/q+1;/p-1. The Morgan fingerprint density at radius 2 is 0.600 bits per heavy atom. The van der Waals surface area contributed by atoms with E-state index in [9.17, 15) is 0 Å². The Kier molecular flexibility index (Phi) is 27.6. The second-order valence-electron chi connectivity index (χ2n) is 10.1. The zero-order valence-corrected chi connectivity index (χ0v) is 22.6. The predicted molar refractivity (Wildman–Crippen MR) is 135 cm³/mol. The van der Waals surface area contributed by atoms with Crippen LogP contribution in [-0.2, 0) is 0 Å². The lowest BCUT2D eigenvalue weighted by molar-refractivity contribution is -0.908. The number of rotatable bonds is 24. The molecule has 184 valence electrons. The van der Waals surface area contributed by atoms with Gasteiger partial charge >= 0.3 is 0 Å². The number of hydrogen-bond donors (Lipinski definition) is 0. The summed E-state index contributed by atoms with van der Waals surface area (Å²) in [5.74, 6) is 0. The zero-order valence-electron chi connectivity index (χ0n) is 21.8. The lowest BCUT2D eigenvalue weighted by Crippen LogP contribution is -3.00. The maximum atomic E-state index is 2.50. The maximum absolute atomic E-state index is 2.50. The normalized spacial score (nSPS) is 13.2. The minimum absolute atomic E-state index is 0. The van der Waals surface area contributed by atoms with E-state index in [1.165, 1.54) is 159 Å². The van der Waals surface area contributed by atoms with Crippen LogP contribution in [0.4, 0.5) is 0 Å². The van der Waals surface area contributed by atoms with Gasteiger partial charge in [0.2, 0.25) is 0 Å². The van der Waals surface area contributed by atoms with Crippen LogP contribution in [0.1, 0.15) is 156 Å². The summed E-state index contributed by atoms with van der Waals surface area (Å²) in [6.07, 6.45) is 30.5. The molecular formula is C28H60ClN. The molecule has 0 aliphatic heterocycles. The summed E-state index contributed by atoms with van der Waals surface area (Å²) < 4.78 is 1.31. The van der Waals surface area contributed by atoms with E-state index in [0.29, 0.717) is 0 Å². The van der Waals surface area contributed by atoms with Crippen molar-refractivity contribution < 1.29 is 16.9 Å². The van der Waals surface area contributed by atoms with Gasteiger partial charge in [0.15, 0.2) is 0 Å². The smallest absolute Gasteiger partial charge is 0.0784 e. The average molecular weight is 446 g/mol. The van der Waals surface area contributed by atoms with Crippen molar-refractivity contribution in [2.45, 2.75) is 156 Å². The Bertz CT molecular complexity index is 307. The van der Waals surface area contributed by atoms with Crippen molar-refractivity contribution in [1.29, 1.82) is 0 Å². The van der Waals surface area contributed by atoms with Crippen LogP contribution in [-0.4, -0.2) is 31.2 Å². The van der Waals surface area contributed by atoms with Crippen LogP contribution in [0, 0.1) is 0 Å². The van der Waals surface area contributed by atoms with Gasteiger partial charge in [-0.05, 0) is 32.6 Å². The fourth-order valence-corrected chi connectivity index (χ4v) is 4.57. The van der Waals surface area contributed by atoms with E-state index >= 15 is 0 Å². The highest BCUT2D eigenvalue weighted by molar-refractivity contribution is 4.50. The third-order valence-corrected chi connectivity index (χ3v) is 7.12. The molecule has 0 aliphatic carbocycles. The first-order valence-electron chi connectivity index (χ1n) is 14.0. The lowest BCUT2D eigenvalue weighted by Gasteiger charge is -2.33. The summed E-state index contributed by atoms with van der Waals surface area (Å²) in [6.45, 7) is 11.1. The van der Waals surface area contributed by atoms with E-state index in [-0.39, 0.29) is 12.4 Å². The van der Waals surface area contributed by atoms with Crippen LogP contribution in [0.3, 0.4) is 0 Å². The summed E-state index contributed by atoms with van der Waals surface area (Å²) in [5, 5.41) is 0. The van der Waals surface area contributed by atoms with E-state index in [0.717, 1.165) is 0 Å². The second-order valence-corrected chi connectivity index (χ2v) is 10.1. The lowest BCUT2D eigenvalue weighted by atomic mass is 10.1. The first-order chi connectivity index (χ1) is 14.2. The molecule has 30 heavy (non-hydrogen) atoms. The van der Waals surface area contributed by atoms with E-state index in [2.05, 4.69) is 27.8 Å². The minimum Gasteiger partial charge on any atom is -1.00 e. The van der Waals surface area contributed by atoms with Gasteiger partial charge in [0.25, 0.3) is 0 Å². The molecule has 0 spiro atoms. The van der Waals surface area contributed by atoms with Gasteiger partial charge in [0.1, 0.15) is 0 Å². The SMILES string of the molecule is CCCCCCCCCCCCC[N+](C)(CC)CCCCCCCCCCCC.[Cl-]. The molecule has 0 radical (unpaired) electrons. The Morgan fingerprint density at radius 3 is 0.833 bits per heavy atom. The number of nitrogens with zero attached hydrogens (tertiary/aromatic N) is 1. The summed E-state index contributed by atoms with van der Waals surface area (Å²) >= 11 is 0. The predicted octanol–water partition coefficient (Wildman–Crippen LogP) is 6.69. The van der Waals surface area contributed by atoms with Crippen molar-refractivity contribution in [1.82, 2.24) is 0 Å². The topological polar surface area (TPSA) is 0 Å². The van der Waals surface area contributed by atoms with Crippen LogP contribution in [0.2, 0.25) is 0 Å². The van der Waals surface area contributed by atoms with Crippen LogP contribution in [0.15, 0.2) is 0 Å². The van der Waals surface area contributed by atoms with Crippen molar-refractivity contribution >= 4 is 0 Å². The largest absolute Gasteiger partial charge is 1.00 e. The van der Waals surface area contributed by atoms with E-state index < -0.39 is 0 Å². The van der Waals surface area contributed by atoms with Crippen LogP contribution in [0.5, 0.6) is 0 Å². The van der Waals surface area contributed by atoms with Gasteiger partial charge in [0.05, 0.1) is 26.7 Å². The molecule has 0 saturated heterocycles. The highest BCUT2D eigenvalue weighted by atomic mass is 35.5. The molecule has 0 heterocycles. The van der Waals surface area contributed by atoms with Crippen molar-refractivity contribution in [2.24, 2.45) is 0 Å². The highest BCUT2D eigenvalue weighted by Gasteiger charge is 2.17. The third-order valence-electron chi connectivity index (χ3n) is 7.12. The van der Waals surface area contributed by atoms with Gasteiger partial charge < -0.3 is 16.9 Å². The van der Waals surface area contributed by atoms with Crippen LogP contribution < -0.4 is 12.4 Å². The van der Waals surface area contributed by atoms with Gasteiger partial charge in [-0.25, -0.2) is 0 Å². The highest BCUT2D eigenvalue weighted by Crippen LogP contribution is 2.15. The second kappa shape index (κ2) is 25.5. The van der Waals surface area contributed by atoms with E-state index in [1.807, 2.05) is 0 Å². The van der Waals surface area contributed by atoms with Gasteiger partial charge in [-0.3, -0.25) is 0 Å². The molecule has 1 unspecified atom stereocenters. The Labute approximate surface area is 199 Å². The molecule has 0 N–H and O–H groups in total. The number of hydrogen-bond acceptors (Lipinski definition) is 0. The van der Waals surface area contributed by atoms with Gasteiger partial charge in [-0.15, -0.1) is 0 Å². The van der Waals surface area contributed by atoms with E-state index in [4.69, 9.17) is 0 Å². The quantitative estimate of drug-likeness (QED) is 0.115.